The van der Waals surface area contributed by atoms with Gasteiger partial charge < -0.3 is 14.7 Å². The number of hydrogen-bond acceptors (Lipinski definition) is 4. The summed E-state index contributed by atoms with van der Waals surface area (Å²) in [5.74, 6) is -2.26. The van der Waals surface area contributed by atoms with Crippen LogP contribution in [-0.4, -0.2) is 72.2 Å². The zero-order valence-electron chi connectivity index (χ0n) is 11.4. The summed E-state index contributed by atoms with van der Waals surface area (Å²) in [7, 11) is 0. The molecule has 2 saturated heterocycles. The van der Waals surface area contributed by atoms with Crippen molar-refractivity contribution in [3.05, 3.63) is 0 Å². The third-order valence-corrected chi connectivity index (χ3v) is 3.91. The van der Waals surface area contributed by atoms with Crippen molar-refractivity contribution < 1.29 is 19.4 Å². The lowest BCUT2D eigenvalue weighted by Gasteiger charge is -2.36. The average molecular weight is 270 g/mol. The highest BCUT2D eigenvalue weighted by atomic mass is 16.5. The minimum absolute atomic E-state index is 0.274. The van der Waals surface area contributed by atoms with Crippen molar-refractivity contribution in [2.45, 2.75) is 25.9 Å². The first kappa shape index (κ1) is 14.3. The number of carbonyl (C=O) groups is 2. The molecule has 0 aromatic carbocycles. The van der Waals surface area contributed by atoms with Crippen LogP contribution in [0.3, 0.4) is 0 Å². The third kappa shape index (κ3) is 3.67. The molecule has 0 aliphatic carbocycles. The van der Waals surface area contributed by atoms with Gasteiger partial charge in [0.15, 0.2) is 0 Å². The van der Waals surface area contributed by atoms with Crippen LogP contribution in [0.2, 0.25) is 0 Å². The fraction of sp³-hybridized carbons (Fsp3) is 0.846. The second-order valence-electron chi connectivity index (χ2n) is 5.32. The molecular formula is C13H22N2O4. The van der Waals surface area contributed by atoms with Crippen molar-refractivity contribution >= 4 is 11.9 Å². The Balaban J connectivity index is 1.75. The maximum Gasteiger partial charge on any atom is 0.315 e. The van der Waals surface area contributed by atoms with Gasteiger partial charge in [0, 0.05) is 39.3 Å². The molecule has 19 heavy (non-hydrogen) atoms. The van der Waals surface area contributed by atoms with Crippen LogP contribution in [0, 0.1) is 5.92 Å². The van der Waals surface area contributed by atoms with E-state index in [4.69, 9.17) is 9.84 Å². The van der Waals surface area contributed by atoms with E-state index in [9.17, 15) is 9.59 Å². The Hall–Kier alpha value is -1.14. The van der Waals surface area contributed by atoms with Gasteiger partial charge >= 0.3 is 5.97 Å². The highest BCUT2D eigenvalue weighted by Gasteiger charge is 2.29. The molecule has 2 rings (SSSR count). The molecule has 0 spiro atoms. The van der Waals surface area contributed by atoms with Gasteiger partial charge in [-0.2, -0.15) is 0 Å². The highest BCUT2D eigenvalue weighted by Crippen LogP contribution is 2.15. The van der Waals surface area contributed by atoms with E-state index >= 15 is 0 Å². The second kappa shape index (κ2) is 6.34. The molecule has 2 aliphatic rings. The van der Waals surface area contributed by atoms with E-state index in [0.29, 0.717) is 19.2 Å². The number of piperazine rings is 1. The molecule has 0 radical (unpaired) electrons. The van der Waals surface area contributed by atoms with Crippen LogP contribution in [-0.2, 0) is 14.3 Å². The van der Waals surface area contributed by atoms with Gasteiger partial charge in [-0.25, -0.2) is 0 Å². The van der Waals surface area contributed by atoms with Crippen LogP contribution in [0.25, 0.3) is 0 Å². The third-order valence-electron chi connectivity index (χ3n) is 3.91. The van der Waals surface area contributed by atoms with Crippen LogP contribution >= 0.6 is 0 Å². The first-order valence-corrected chi connectivity index (χ1v) is 6.93. The number of ether oxygens (including phenoxy) is 1. The topological polar surface area (TPSA) is 70.1 Å². The standard InChI is InChI=1S/C13H22N2O4/c1-10(13(17)18)12(16)15-6-4-14(5-7-15)9-11-3-2-8-19-11/h10-11H,2-9H2,1H3,(H,17,18). The van der Waals surface area contributed by atoms with Gasteiger partial charge in [0.05, 0.1) is 6.10 Å². The molecule has 6 nitrogen and oxygen atoms in total. The quantitative estimate of drug-likeness (QED) is 0.730. The smallest absolute Gasteiger partial charge is 0.315 e. The van der Waals surface area contributed by atoms with Crippen molar-refractivity contribution in [3.63, 3.8) is 0 Å². The van der Waals surface area contributed by atoms with Gasteiger partial charge in [0.2, 0.25) is 5.91 Å². The van der Waals surface area contributed by atoms with E-state index in [0.717, 1.165) is 39.1 Å². The molecule has 0 bridgehead atoms. The van der Waals surface area contributed by atoms with E-state index in [2.05, 4.69) is 4.90 Å². The van der Waals surface area contributed by atoms with E-state index < -0.39 is 11.9 Å². The number of carbonyl (C=O) groups excluding carboxylic acids is 1. The highest BCUT2D eigenvalue weighted by molar-refractivity contribution is 5.96. The van der Waals surface area contributed by atoms with Crippen LogP contribution in [0.15, 0.2) is 0 Å². The molecule has 2 heterocycles. The van der Waals surface area contributed by atoms with Crippen molar-refractivity contribution in [2.75, 3.05) is 39.3 Å². The molecule has 6 heteroatoms. The molecular weight excluding hydrogens is 248 g/mol. The van der Waals surface area contributed by atoms with Crippen molar-refractivity contribution in [1.82, 2.24) is 9.80 Å². The predicted molar refractivity (Wildman–Crippen MR) is 68.8 cm³/mol. The van der Waals surface area contributed by atoms with Crippen LogP contribution in [0.1, 0.15) is 19.8 Å². The molecule has 0 aromatic heterocycles. The maximum atomic E-state index is 11.9. The average Bonchev–Trinajstić information content (AvgIpc) is 2.90. The van der Waals surface area contributed by atoms with Gasteiger partial charge in [0.25, 0.3) is 0 Å². The number of carboxylic acid groups (broad SMARTS) is 1. The molecule has 0 aromatic rings. The van der Waals surface area contributed by atoms with E-state index in [1.165, 1.54) is 6.92 Å². The summed E-state index contributed by atoms with van der Waals surface area (Å²) in [6.45, 7) is 6.07. The first-order chi connectivity index (χ1) is 9.08. The fourth-order valence-corrected chi connectivity index (χ4v) is 2.61. The largest absolute Gasteiger partial charge is 0.481 e. The normalized spacial score (nSPS) is 26.4. The Morgan fingerprint density at radius 2 is 2.00 bits per heavy atom. The predicted octanol–water partition coefficient (Wildman–Crippen LogP) is 0.0303. The Morgan fingerprint density at radius 1 is 1.32 bits per heavy atom. The van der Waals surface area contributed by atoms with E-state index in [-0.39, 0.29) is 5.91 Å². The summed E-state index contributed by atoms with van der Waals surface area (Å²) in [5.41, 5.74) is 0. The number of nitrogens with zero attached hydrogens (tertiary/aromatic N) is 2. The van der Waals surface area contributed by atoms with Crippen molar-refractivity contribution in [3.8, 4) is 0 Å². The SMILES string of the molecule is CC(C(=O)O)C(=O)N1CCN(CC2CCCO2)CC1. The second-order valence-corrected chi connectivity index (χ2v) is 5.32. The first-order valence-electron chi connectivity index (χ1n) is 6.93. The summed E-state index contributed by atoms with van der Waals surface area (Å²) in [4.78, 5) is 26.7. The Bertz CT molecular complexity index is 334. The molecule has 2 atom stereocenters. The summed E-state index contributed by atoms with van der Waals surface area (Å²) >= 11 is 0. The summed E-state index contributed by atoms with van der Waals surface area (Å²) < 4.78 is 5.60. The van der Waals surface area contributed by atoms with Crippen molar-refractivity contribution in [2.24, 2.45) is 5.92 Å². The maximum absolute atomic E-state index is 11.9. The molecule has 1 N–H and O–H groups in total. The zero-order chi connectivity index (χ0) is 13.8. The van der Waals surface area contributed by atoms with Crippen molar-refractivity contribution in [1.29, 1.82) is 0 Å². The van der Waals surface area contributed by atoms with E-state index in [1.807, 2.05) is 0 Å². The number of rotatable bonds is 4. The number of hydrogen-bond donors (Lipinski definition) is 1. The molecule has 0 saturated carbocycles. The summed E-state index contributed by atoms with van der Waals surface area (Å²) in [5, 5.41) is 8.85. The van der Waals surface area contributed by atoms with Gasteiger partial charge in [-0.3, -0.25) is 14.5 Å². The molecule has 2 fully saturated rings. The van der Waals surface area contributed by atoms with Gasteiger partial charge in [-0.05, 0) is 19.8 Å². The van der Waals surface area contributed by atoms with Crippen LogP contribution in [0.4, 0.5) is 0 Å². The summed E-state index contributed by atoms with van der Waals surface area (Å²) in [6, 6.07) is 0. The van der Waals surface area contributed by atoms with Crippen LogP contribution in [0.5, 0.6) is 0 Å². The lowest BCUT2D eigenvalue weighted by Crippen LogP contribution is -2.52. The number of amides is 1. The van der Waals surface area contributed by atoms with E-state index in [1.54, 1.807) is 4.90 Å². The Kier molecular flexibility index (Phi) is 4.76. The number of carboxylic acids is 1. The summed E-state index contributed by atoms with van der Waals surface area (Å²) in [6.07, 6.45) is 2.59. The zero-order valence-corrected chi connectivity index (χ0v) is 11.4. The fourth-order valence-electron chi connectivity index (χ4n) is 2.61. The lowest BCUT2D eigenvalue weighted by atomic mass is 10.1. The molecule has 2 unspecified atom stereocenters. The van der Waals surface area contributed by atoms with Gasteiger partial charge in [-0.15, -0.1) is 0 Å². The number of aliphatic carboxylic acids is 1. The van der Waals surface area contributed by atoms with Gasteiger partial charge in [-0.1, -0.05) is 0 Å². The monoisotopic (exact) mass is 270 g/mol. The Morgan fingerprint density at radius 3 is 2.53 bits per heavy atom. The minimum Gasteiger partial charge on any atom is -0.481 e. The van der Waals surface area contributed by atoms with Gasteiger partial charge in [0.1, 0.15) is 5.92 Å². The molecule has 1 amide bonds. The van der Waals surface area contributed by atoms with Crippen LogP contribution < -0.4 is 0 Å². The Labute approximate surface area is 113 Å². The lowest BCUT2D eigenvalue weighted by molar-refractivity contribution is -0.151. The minimum atomic E-state index is -1.05. The molecule has 108 valence electrons. The molecule has 2 aliphatic heterocycles.